The number of nitrogens with one attached hydrogen (secondary N) is 3. The summed E-state index contributed by atoms with van der Waals surface area (Å²) in [5.41, 5.74) is 4.01. The van der Waals surface area contributed by atoms with Gasteiger partial charge in [0.2, 0.25) is 0 Å². The second kappa shape index (κ2) is 8.11. The van der Waals surface area contributed by atoms with Gasteiger partial charge in [0.1, 0.15) is 0 Å². The molecule has 0 saturated carbocycles. The summed E-state index contributed by atoms with van der Waals surface area (Å²) >= 11 is 0. The first kappa shape index (κ1) is 19.8. The van der Waals surface area contributed by atoms with E-state index in [4.69, 9.17) is 0 Å². The Kier molecular flexibility index (Phi) is 5.19. The van der Waals surface area contributed by atoms with Gasteiger partial charge in [-0.3, -0.25) is 25.8 Å². The Labute approximate surface area is 177 Å². The molecule has 2 heterocycles. The van der Waals surface area contributed by atoms with Crippen molar-refractivity contribution in [2.24, 2.45) is 0 Å². The molecular weight excluding hydrogens is 398 g/mol. The van der Waals surface area contributed by atoms with Gasteiger partial charge in [-0.1, -0.05) is 29.8 Å². The molecule has 2 amide bonds. The molecule has 2 aromatic carbocycles. The first-order chi connectivity index (χ1) is 14.9. The highest BCUT2D eigenvalue weighted by atomic mass is 16.6. The summed E-state index contributed by atoms with van der Waals surface area (Å²) in [7, 11) is 0. The molecule has 0 spiro atoms. The van der Waals surface area contributed by atoms with Crippen LogP contribution in [0, 0.1) is 24.0 Å². The average Bonchev–Trinajstić information content (AvgIpc) is 3.35. The summed E-state index contributed by atoms with van der Waals surface area (Å²) in [5, 5.41) is 27.5. The first-order valence-corrected chi connectivity index (χ1v) is 9.41. The van der Waals surface area contributed by atoms with E-state index in [1.54, 1.807) is 28.9 Å². The number of H-pyrrole nitrogens is 1. The van der Waals surface area contributed by atoms with Gasteiger partial charge in [-0.25, -0.2) is 9.48 Å². The maximum Gasteiger partial charge on any atom is 0.326 e. The average molecular weight is 417 g/mol. The first-order valence-electron chi connectivity index (χ1n) is 9.41. The third kappa shape index (κ3) is 4.42. The largest absolute Gasteiger partial charge is 0.326 e. The van der Waals surface area contributed by atoms with E-state index in [9.17, 15) is 14.9 Å². The zero-order valence-corrected chi connectivity index (χ0v) is 16.8. The van der Waals surface area contributed by atoms with Gasteiger partial charge >= 0.3 is 6.03 Å². The summed E-state index contributed by atoms with van der Waals surface area (Å²) in [4.78, 5) is 22.8. The fourth-order valence-corrected chi connectivity index (χ4v) is 3.07. The molecule has 0 aliphatic rings. The van der Waals surface area contributed by atoms with Crippen molar-refractivity contribution >= 4 is 23.4 Å². The van der Waals surface area contributed by atoms with Crippen LogP contribution in [-0.2, 0) is 0 Å². The van der Waals surface area contributed by atoms with Crippen LogP contribution in [0.3, 0.4) is 0 Å². The predicted octanol–water partition coefficient (Wildman–Crippen LogP) is 4.43. The Bertz CT molecular complexity index is 1260. The zero-order valence-electron chi connectivity index (χ0n) is 16.8. The molecule has 0 aliphatic heterocycles. The molecule has 0 bridgehead atoms. The number of nitrogens with zero attached hydrogens (tertiary/aromatic N) is 4. The van der Waals surface area contributed by atoms with E-state index in [1.165, 1.54) is 12.1 Å². The molecule has 0 atom stereocenters. The molecule has 10 nitrogen and oxygen atoms in total. The molecule has 0 fully saturated rings. The molecule has 10 heteroatoms. The molecule has 3 N–H and O–H groups in total. The van der Waals surface area contributed by atoms with Crippen LogP contribution in [0.25, 0.3) is 16.9 Å². The van der Waals surface area contributed by atoms with Gasteiger partial charge in [-0.2, -0.15) is 5.10 Å². The van der Waals surface area contributed by atoms with Crippen LogP contribution < -0.4 is 10.6 Å². The number of non-ortho nitro benzene ring substituents is 1. The van der Waals surface area contributed by atoms with Gasteiger partial charge in [0.25, 0.3) is 5.69 Å². The summed E-state index contributed by atoms with van der Waals surface area (Å²) in [6.45, 7) is 3.91. The molecule has 156 valence electrons. The number of amides is 2. The second-order valence-corrected chi connectivity index (χ2v) is 6.97. The van der Waals surface area contributed by atoms with Gasteiger partial charge < -0.3 is 0 Å². The number of aromatic nitrogens is 4. The number of carbonyl (C=O) groups excluding carboxylic acids is 1. The number of hydrogen-bond donors (Lipinski definition) is 3. The lowest BCUT2D eigenvalue weighted by Crippen LogP contribution is -2.20. The minimum absolute atomic E-state index is 0.0288. The summed E-state index contributed by atoms with van der Waals surface area (Å²) in [6.07, 6.45) is 0. The third-order valence-corrected chi connectivity index (χ3v) is 4.60. The summed E-state index contributed by atoms with van der Waals surface area (Å²) in [6, 6.07) is 16.9. The highest BCUT2D eigenvalue weighted by Gasteiger charge is 2.13. The van der Waals surface area contributed by atoms with Crippen molar-refractivity contribution in [3.63, 3.8) is 0 Å². The van der Waals surface area contributed by atoms with Crippen LogP contribution >= 0.6 is 0 Å². The molecule has 4 aromatic rings. The van der Waals surface area contributed by atoms with E-state index in [-0.39, 0.29) is 11.5 Å². The lowest BCUT2D eigenvalue weighted by Gasteiger charge is -2.04. The number of urea groups is 1. The maximum atomic E-state index is 12.4. The van der Waals surface area contributed by atoms with Crippen LogP contribution in [-0.4, -0.2) is 30.9 Å². The number of nitro benzene ring substituents is 1. The molecule has 2 aromatic heterocycles. The van der Waals surface area contributed by atoms with Crippen molar-refractivity contribution < 1.29 is 9.72 Å². The molecule has 0 unspecified atom stereocenters. The van der Waals surface area contributed by atoms with Gasteiger partial charge in [0, 0.05) is 35.5 Å². The molecular formula is C21H19N7O3. The fraction of sp³-hybridized carbons (Fsp3) is 0.0952. The van der Waals surface area contributed by atoms with Gasteiger partial charge in [-0.15, -0.1) is 5.10 Å². The van der Waals surface area contributed by atoms with Crippen LogP contribution in [0.1, 0.15) is 11.3 Å². The van der Waals surface area contributed by atoms with Crippen LogP contribution in [0.15, 0.2) is 60.7 Å². The predicted molar refractivity (Wildman–Crippen MR) is 116 cm³/mol. The van der Waals surface area contributed by atoms with Crippen molar-refractivity contribution in [3.05, 3.63) is 82.0 Å². The topological polar surface area (TPSA) is 131 Å². The quantitative estimate of drug-likeness (QED) is 0.326. The highest BCUT2D eigenvalue weighted by molar-refractivity contribution is 5.98. The summed E-state index contributed by atoms with van der Waals surface area (Å²) < 4.78 is 1.74. The molecule has 31 heavy (non-hydrogen) atoms. The minimum atomic E-state index is -0.509. The van der Waals surface area contributed by atoms with Crippen molar-refractivity contribution in [2.75, 3.05) is 10.6 Å². The van der Waals surface area contributed by atoms with Crippen molar-refractivity contribution in [3.8, 4) is 16.9 Å². The van der Waals surface area contributed by atoms with Crippen LogP contribution in [0.4, 0.5) is 22.1 Å². The Hall–Kier alpha value is -4.47. The second-order valence-electron chi connectivity index (χ2n) is 6.97. The lowest BCUT2D eigenvalue weighted by atomic mass is 10.1. The molecule has 0 radical (unpaired) electrons. The zero-order chi connectivity index (χ0) is 22.0. The lowest BCUT2D eigenvalue weighted by molar-refractivity contribution is -0.384. The van der Waals surface area contributed by atoms with E-state index in [2.05, 4.69) is 25.9 Å². The normalized spacial score (nSPS) is 10.6. The molecule has 4 rings (SSSR count). The van der Waals surface area contributed by atoms with Crippen LogP contribution in [0.2, 0.25) is 0 Å². The van der Waals surface area contributed by atoms with Crippen LogP contribution in [0.5, 0.6) is 0 Å². The Balaban J connectivity index is 1.44. The minimum Gasteiger partial charge on any atom is -0.291 e. The fourth-order valence-electron chi connectivity index (χ4n) is 3.07. The van der Waals surface area contributed by atoms with Gasteiger partial charge in [0.15, 0.2) is 11.6 Å². The number of anilines is 2. The Morgan fingerprint density at radius 1 is 1.03 bits per heavy atom. The van der Waals surface area contributed by atoms with E-state index in [1.807, 2.05) is 38.1 Å². The summed E-state index contributed by atoms with van der Waals surface area (Å²) in [5.74, 6) is 0.665. The molecule has 0 aliphatic carbocycles. The highest BCUT2D eigenvalue weighted by Crippen LogP contribution is 2.24. The van der Waals surface area contributed by atoms with Gasteiger partial charge in [-0.05, 0) is 26.0 Å². The number of benzene rings is 2. The number of hydrogen-bond acceptors (Lipinski definition) is 5. The third-order valence-electron chi connectivity index (χ3n) is 4.60. The van der Waals surface area contributed by atoms with Crippen molar-refractivity contribution in [1.29, 1.82) is 0 Å². The van der Waals surface area contributed by atoms with E-state index in [0.717, 1.165) is 16.9 Å². The monoisotopic (exact) mass is 417 g/mol. The van der Waals surface area contributed by atoms with E-state index < -0.39 is 11.0 Å². The number of aryl methyl sites for hydroxylation is 2. The smallest absolute Gasteiger partial charge is 0.291 e. The van der Waals surface area contributed by atoms with E-state index >= 15 is 0 Å². The number of carbonyl (C=O) groups is 1. The SMILES string of the molecule is Cc1ccc(-n2nc(NC(=O)Nc3cc(-c4cccc([N+](=O)[O-])c4)[nH]n3)cc2C)cc1. The number of nitro groups is 1. The number of aromatic amines is 1. The standard InChI is InChI=1S/C21H19N7O3/c1-13-6-8-16(9-7-13)27-14(2)10-20(26-27)23-21(29)22-19-12-18(24-25-19)15-4-3-5-17(11-15)28(30)31/h3-12H,1-2H3,(H3,22,23,24,25,26,29). The van der Waals surface area contributed by atoms with Crippen molar-refractivity contribution in [2.45, 2.75) is 13.8 Å². The van der Waals surface area contributed by atoms with E-state index in [0.29, 0.717) is 17.1 Å². The maximum absolute atomic E-state index is 12.4. The van der Waals surface area contributed by atoms with Gasteiger partial charge in [0.05, 0.1) is 16.3 Å². The van der Waals surface area contributed by atoms with Crippen molar-refractivity contribution in [1.82, 2.24) is 20.0 Å². The Morgan fingerprint density at radius 3 is 2.52 bits per heavy atom. The number of rotatable bonds is 5. The molecule has 0 saturated heterocycles. The Morgan fingerprint density at radius 2 is 1.77 bits per heavy atom.